The topological polar surface area (TPSA) is 42.4 Å². The number of rotatable bonds is 2. The van der Waals surface area contributed by atoms with Crippen molar-refractivity contribution in [3.05, 3.63) is 53.6 Å². The van der Waals surface area contributed by atoms with Gasteiger partial charge in [0, 0.05) is 31.6 Å². The predicted octanol–water partition coefficient (Wildman–Crippen LogP) is 2.41. The lowest BCUT2D eigenvalue weighted by Crippen LogP contribution is -2.12. The molecule has 0 unspecified atom stereocenters. The van der Waals surface area contributed by atoms with Crippen LogP contribution in [0.4, 0.5) is 5.82 Å². The first-order chi connectivity index (χ1) is 10.1. The molecule has 1 heterocycles. The third-order valence-electron chi connectivity index (χ3n) is 2.81. The Bertz CT molecular complexity index is 712. The van der Waals surface area contributed by atoms with Gasteiger partial charge in [-0.05, 0) is 24.6 Å². The maximum absolute atomic E-state index is 11.7. The molecule has 0 spiro atoms. The molecule has 0 saturated carbocycles. The highest BCUT2D eigenvalue weighted by Crippen LogP contribution is 2.13. The summed E-state index contributed by atoms with van der Waals surface area (Å²) in [6.07, 6.45) is 0. The normalized spacial score (nSPS) is 9.48. The molecule has 0 aliphatic heterocycles. The summed E-state index contributed by atoms with van der Waals surface area (Å²) in [5, 5.41) is 0. The van der Waals surface area contributed by atoms with Gasteiger partial charge in [0.2, 0.25) is 5.88 Å². The van der Waals surface area contributed by atoms with E-state index in [1.54, 1.807) is 12.1 Å². The Morgan fingerprint density at radius 2 is 1.90 bits per heavy atom. The minimum absolute atomic E-state index is 0.241. The van der Waals surface area contributed by atoms with Crippen molar-refractivity contribution in [2.75, 3.05) is 19.0 Å². The SMILES string of the molecule is Cc1ccccc1C#CC(=O)Oc1cccc(N(C)C)n1. The van der Waals surface area contributed by atoms with E-state index in [2.05, 4.69) is 16.8 Å². The van der Waals surface area contributed by atoms with E-state index in [0.717, 1.165) is 11.1 Å². The van der Waals surface area contributed by atoms with Crippen LogP contribution in [-0.4, -0.2) is 25.0 Å². The number of aromatic nitrogens is 1. The molecular weight excluding hydrogens is 264 g/mol. The van der Waals surface area contributed by atoms with Gasteiger partial charge in [-0.1, -0.05) is 30.2 Å². The lowest BCUT2D eigenvalue weighted by atomic mass is 10.1. The third kappa shape index (κ3) is 4.08. The van der Waals surface area contributed by atoms with Crippen molar-refractivity contribution < 1.29 is 9.53 Å². The van der Waals surface area contributed by atoms with Gasteiger partial charge in [0.1, 0.15) is 5.82 Å². The zero-order chi connectivity index (χ0) is 15.2. The maximum Gasteiger partial charge on any atom is 0.391 e. The Morgan fingerprint density at radius 3 is 2.62 bits per heavy atom. The average molecular weight is 280 g/mol. The minimum Gasteiger partial charge on any atom is -0.398 e. The van der Waals surface area contributed by atoms with Crippen LogP contribution in [0.2, 0.25) is 0 Å². The first-order valence-corrected chi connectivity index (χ1v) is 6.50. The number of ether oxygens (including phenoxy) is 1. The second-order valence-electron chi connectivity index (χ2n) is 4.68. The van der Waals surface area contributed by atoms with Crippen LogP contribution in [0.1, 0.15) is 11.1 Å². The number of carbonyl (C=O) groups is 1. The monoisotopic (exact) mass is 280 g/mol. The summed E-state index contributed by atoms with van der Waals surface area (Å²) in [5.74, 6) is 5.61. The van der Waals surface area contributed by atoms with E-state index >= 15 is 0 Å². The number of hydrogen-bond donors (Lipinski definition) is 0. The van der Waals surface area contributed by atoms with Crippen LogP contribution in [0.3, 0.4) is 0 Å². The van der Waals surface area contributed by atoms with Crippen molar-refractivity contribution in [2.45, 2.75) is 6.92 Å². The molecule has 2 aromatic rings. The van der Waals surface area contributed by atoms with Gasteiger partial charge < -0.3 is 9.64 Å². The van der Waals surface area contributed by atoms with E-state index in [4.69, 9.17) is 4.74 Å². The van der Waals surface area contributed by atoms with Crippen molar-refractivity contribution in [2.24, 2.45) is 0 Å². The lowest BCUT2D eigenvalue weighted by Gasteiger charge is -2.11. The summed E-state index contributed by atoms with van der Waals surface area (Å²) in [5.41, 5.74) is 1.83. The molecule has 0 fully saturated rings. The van der Waals surface area contributed by atoms with Crippen molar-refractivity contribution in [1.82, 2.24) is 4.98 Å². The zero-order valence-electron chi connectivity index (χ0n) is 12.3. The minimum atomic E-state index is -0.623. The van der Waals surface area contributed by atoms with E-state index in [-0.39, 0.29) is 5.88 Å². The van der Waals surface area contributed by atoms with Gasteiger partial charge in [0.25, 0.3) is 0 Å². The first-order valence-electron chi connectivity index (χ1n) is 6.50. The molecule has 0 N–H and O–H groups in total. The molecule has 0 aliphatic carbocycles. The summed E-state index contributed by atoms with van der Waals surface area (Å²) in [7, 11) is 3.73. The second-order valence-corrected chi connectivity index (χ2v) is 4.68. The molecule has 2 rings (SSSR count). The summed E-state index contributed by atoms with van der Waals surface area (Å²) < 4.78 is 5.12. The Morgan fingerprint density at radius 1 is 1.14 bits per heavy atom. The van der Waals surface area contributed by atoms with Gasteiger partial charge in [-0.2, -0.15) is 4.98 Å². The number of pyridine rings is 1. The fourth-order valence-corrected chi connectivity index (χ4v) is 1.66. The number of nitrogens with zero attached hydrogens (tertiary/aromatic N) is 2. The highest BCUT2D eigenvalue weighted by atomic mass is 16.5. The third-order valence-corrected chi connectivity index (χ3v) is 2.81. The number of esters is 1. The van der Waals surface area contributed by atoms with Crippen LogP contribution in [0, 0.1) is 18.8 Å². The predicted molar refractivity (Wildman–Crippen MR) is 82.3 cm³/mol. The van der Waals surface area contributed by atoms with Crippen LogP contribution < -0.4 is 9.64 Å². The molecule has 0 bridgehead atoms. The van der Waals surface area contributed by atoms with E-state index in [1.165, 1.54) is 0 Å². The van der Waals surface area contributed by atoms with Crippen LogP contribution in [-0.2, 0) is 4.79 Å². The van der Waals surface area contributed by atoms with Crippen molar-refractivity contribution >= 4 is 11.8 Å². The van der Waals surface area contributed by atoms with Crippen molar-refractivity contribution in [3.8, 4) is 17.7 Å². The van der Waals surface area contributed by atoms with Gasteiger partial charge in [-0.25, -0.2) is 4.79 Å². The van der Waals surface area contributed by atoms with Crippen LogP contribution in [0.25, 0.3) is 0 Å². The second kappa shape index (κ2) is 6.58. The summed E-state index contributed by atoms with van der Waals surface area (Å²) in [6.45, 7) is 1.94. The van der Waals surface area contributed by atoms with E-state index in [1.807, 2.05) is 56.3 Å². The van der Waals surface area contributed by atoms with Gasteiger partial charge in [-0.15, -0.1) is 0 Å². The molecule has 0 atom stereocenters. The Balaban J connectivity index is 2.10. The molecule has 0 radical (unpaired) electrons. The first kappa shape index (κ1) is 14.6. The number of benzene rings is 1. The highest BCUT2D eigenvalue weighted by molar-refractivity contribution is 5.90. The zero-order valence-corrected chi connectivity index (χ0v) is 12.3. The van der Waals surface area contributed by atoms with Crippen LogP contribution >= 0.6 is 0 Å². The summed E-state index contributed by atoms with van der Waals surface area (Å²) >= 11 is 0. The summed E-state index contributed by atoms with van der Waals surface area (Å²) in [6, 6.07) is 12.8. The Kier molecular flexibility index (Phi) is 4.57. The molecule has 21 heavy (non-hydrogen) atoms. The van der Waals surface area contributed by atoms with E-state index < -0.39 is 5.97 Å². The molecule has 0 amide bonds. The highest BCUT2D eigenvalue weighted by Gasteiger charge is 2.04. The standard InChI is InChI=1S/C17H16N2O2/c1-13-7-4-5-8-14(13)11-12-17(20)21-16-10-6-9-15(18-16)19(2)3/h4-10H,1-3H3. The van der Waals surface area contributed by atoms with Crippen LogP contribution in [0.15, 0.2) is 42.5 Å². The number of aryl methyl sites for hydroxylation is 1. The van der Waals surface area contributed by atoms with Crippen molar-refractivity contribution in [1.29, 1.82) is 0 Å². The molecular formula is C17H16N2O2. The van der Waals surface area contributed by atoms with Gasteiger partial charge >= 0.3 is 5.97 Å². The fraction of sp³-hybridized carbons (Fsp3) is 0.176. The van der Waals surface area contributed by atoms with Crippen LogP contribution in [0.5, 0.6) is 5.88 Å². The average Bonchev–Trinajstić information content (AvgIpc) is 2.46. The number of hydrogen-bond acceptors (Lipinski definition) is 4. The van der Waals surface area contributed by atoms with Crippen molar-refractivity contribution in [3.63, 3.8) is 0 Å². The van der Waals surface area contributed by atoms with E-state index in [0.29, 0.717) is 5.82 Å². The van der Waals surface area contributed by atoms with Gasteiger partial charge in [-0.3, -0.25) is 0 Å². The molecule has 106 valence electrons. The number of carbonyl (C=O) groups excluding carboxylic acids is 1. The number of anilines is 1. The molecule has 4 heteroatoms. The molecule has 1 aromatic carbocycles. The molecule has 1 aromatic heterocycles. The lowest BCUT2D eigenvalue weighted by molar-refractivity contribution is -0.128. The largest absolute Gasteiger partial charge is 0.398 e. The molecule has 0 aliphatic rings. The molecule has 4 nitrogen and oxygen atoms in total. The van der Waals surface area contributed by atoms with E-state index in [9.17, 15) is 4.79 Å². The van der Waals surface area contributed by atoms with Gasteiger partial charge in [0.15, 0.2) is 0 Å². The Labute approximate surface area is 124 Å². The quantitative estimate of drug-likeness (QED) is 0.626. The smallest absolute Gasteiger partial charge is 0.391 e. The fourth-order valence-electron chi connectivity index (χ4n) is 1.66. The Hall–Kier alpha value is -2.80. The maximum atomic E-state index is 11.7. The summed E-state index contributed by atoms with van der Waals surface area (Å²) in [4.78, 5) is 17.8. The molecule has 0 saturated heterocycles. The van der Waals surface area contributed by atoms with Gasteiger partial charge in [0.05, 0.1) is 0 Å².